The van der Waals surface area contributed by atoms with Gasteiger partial charge in [-0.25, -0.2) is 0 Å². The van der Waals surface area contributed by atoms with Gasteiger partial charge in [-0.05, 0) is 110 Å². The Labute approximate surface area is 247 Å². The van der Waals surface area contributed by atoms with Crippen molar-refractivity contribution in [2.45, 2.75) is 77.2 Å². The number of nitrogens with zero attached hydrogens (tertiary/aromatic N) is 2. The molecule has 5 nitrogen and oxygen atoms in total. The number of hydrogen-bond acceptors (Lipinski definition) is 5. The van der Waals surface area contributed by atoms with E-state index in [1.165, 1.54) is 73.1 Å². The van der Waals surface area contributed by atoms with Crippen LogP contribution in [0.3, 0.4) is 0 Å². The third-order valence-electron chi connectivity index (χ3n) is 8.85. The molecule has 1 N–H and O–H groups in total. The Bertz CT molecular complexity index is 1230. The summed E-state index contributed by atoms with van der Waals surface area (Å²) in [7, 11) is 1.75. The van der Waals surface area contributed by atoms with E-state index in [4.69, 9.17) is 9.47 Å². The average molecular weight is 557 g/mol. The lowest BCUT2D eigenvalue weighted by Gasteiger charge is -2.32. The van der Waals surface area contributed by atoms with Gasteiger partial charge in [0.05, 0.1) is 7.11 Å². The maximum Gasteiger partial charge on any atom is 0.120 e. The predicted molar refractivity (Wildman–Crippen MR) is 169 cm³/mol. The molecule has 1 fully saturated rings. The number of anilines is 1. The highest BCUT2D eigenvalue weighted by molar-refractivity contribution is 5.60. The van der Waals surface area contributed by atoms with Crippen molar-refractivity contribution in [1.29, 1.82) is 0 Å². The molecule has 1 saturated heterocycles. The highest BCUT2D eigenvalue weighted by Crippen LogP contribution is 2.40. The molecule has 5 rings (SSSR count). The van der Waals surface area contributed by atoms with Crippen LogP contribution in [0, 0.1) is 0 Å². The number of aromatic hydroxyl groups is 1. The molecule has 5 heteroatoms. The van der Waals surface area contributed by atoms with E-state index in [0.717, 1.165) is 63.4 Å². The summed E-state index contributed by atoms with van der Waals surface area (Å²) >= 11 is 0. The third kappa shape index (κ3) is 7.97. The van der Waals surface area contributed by atoms with Crippen molar-refractivity contribution in [2.24, 2.45) is 0 Å². The summed E-state index contributed by atoms with van der Waals surface area (Å²) in [5.41, 5.74) is 6.58. The van der Waals surface area contributed by atoms with Gasteiger partial charge in [0.15, 0.2) is 0 Å². The monoisotopic (exact) mass is 556 g/mol. The Morgan fingerprint density at radius 1 is 0.878 bits per heavy atom. The fraction of sp³-hybridized carbons (Fsp3) is 0.500. The summed E-state index contributed by atoms with van der Waals surface area (Å²) in [6, 6.07) is 21.2. The van der Waals surface area contributed by atoms with Gasteiger partial charge in [0.1, 0.15) is 23.9 Å². The molecule has 0 spiro atoms. The highest BCUT2D eigenvalue weighted by Gasteiger charge is 2.25. The normalized spacial score (nSPS) is 17.8. The topological polar surface area (TPSA) is 45.2 Å². The smallest absolute Gasteiger partial charge is 0.120 e. The fourth-order valence-corrected chi connectivity index (χ4v) is 6.57. The number of phenols is 1. The van der Waals surface area contributed by atoms with Crippen molar-refractivity contribution in [3.63, 3.8) is 0 Å². The Balaban J connectivity index is 1.26. The number of benzene rings is 3. The van der Waals surface area contributed by atoms with Crippen LogP contribution >= 0.6 is 0 Å². The molecule has 1 aliphatic heterocycles. The summed E-state index contributed by atoms with van der Waals surface area (Å²) in [6.07, 6.45) is 10.9. The van der Waals surface area contributed by atoms with Gasteiger partial charge in [0.2, 0.25) is 0 Å². The zero-order chi connectivity index (χ0) is 28.4. The second-order valence-electron chi connectivity index (χ2n) is 11.8. The first-order valence-electron chi connectivity index (χ1n) is 15.8. The summed E-state index contributed by atoms with van der Waals surface area (Å²) in [5, 5.41) is 9.95. The van der Waals surface area contributed by atoms with Crippen molar-refractivity contribution < 1.29 is 14.6 Å². The van der Waals surface area contributed by atoms with E-state index >= 15 is 0 Å². The molecule has 0 radical (unpaired) electrons. The lowest BCUT2D eigenvalue weighted by Crippen LogP contribution is -2.31. The molecule has 1 unspecified atom stereocenters. The van der Waals surface area contributed by atoms with Crippen molar-refractivity contribution in [2.75, 3.05) is 44.8 Å². The highest BCUT2D eigenvalue weighted by atomic mass is 16.5. The molecular formula is C36H48N2O3. The standard InChI is InChI=1S/C36H48N2O3/c1-3-19-38(27-28-9-15-33(16-10-28)41-23-22-37-20-7-5-4-6-8-21-37)36-26-34(40-2)17-18-35(36)31-12-11-30-25-32(39)14-13-29(30)24-31/h9-10,13-18,25-26,31,39H,3-8,11-12,19-24,27H2,1-2H3. The summed E-state index contributed by atoms with van der Waals surface area (Å²) in [5.74, 6) is 2.66. The summed E-state index contributed by atoms with van der Waals surface area (Å²) in [4.78, 5) is 5.08. The lowest BCUT2D eigenvalue weighted by molar-refractivity contribution is 0.195. The van der Waals surface area contributed by atoms with Crippen LogP contribution in [0.5, 0.6) is 17.2 Å². The molecule has 41 heavy (non-hydrogen) atoms. The molecule has 0 bridgehead atoms. The van der Waals surface area contributed by atoms with E-state index in [-0.39, 0.29) is 0 Å². The molecule has 0 aromatic heterocycles. The molecule has 2 aliphatic rings. The predicted octanol–water partition coefficient (Wildman–Crippen LogP) is 7.73. The first kappa shape index (κ1) is 29.3. The van der Waals surface area contributed by atoms with Gasteiger partial charge in [0, 0.05) is 31.4 Å². The summed E-state index contributed by atoms with van der Waals surface area (Å²) in [6.45, 7) is 8.25. The van der Waals surface area contributed by atoms with Crippen LogP contribution in [-0.4, -0.2) is 49.9 Å². The zero-order valence-corrected chi connectivity index (χ0v) is 25.1. The molecule has 1 aliphatic carbocycles. The van der Waals surface area contributed by atoms with E-state index in [9.17, 15) is 5.11 Å². The van der Waals surface area contributed by atoms with E-state index in [2.05, 4.69) is 65.3 Å². The Morgan fingerprint density at radius 2 is 1.63 bits per heavy atom. The number of hydrogen-bond donors (Lipinski definition) is 1. The maximum atomic E-state index is 9.95. The molecule has 3 aromatic rings. The van der Waals surface area contributed by atoms with Gasteiger partial charge < -0.3 is 19.5 Å². The minimum atomic E-state index is 0.366. The van der Waals surface area contributed by atoms with Gasteiger partial charge in [-0.2, -0.15) is 0 Å². The van der Waals surface area contributed by atoms with Gasteiger partial charge in [-0.1, -0.05) is 50.5 Å². The van der Waals surface area contributed by atoms with Crippen LogP contribution in [0.4, 0.5) is 5.69 Å². The summed E-state index contributed by atoms with van der Waals surface area (Å²) < 4.78 is 11.8. The van der Waals surface area contributed by atoms with Crippen molar-refractivity contribution in [3.05, 3.63) is 82.9 Å². The number of methoxy groups -OCH3 is 1. The largest absolute Gasteiger partial charge is 0.508 e. The van der Waals surface area contributed by atoms with E-state index in [0.29, 0.717) is 11.7 Å². The van der Waals surface area contributed by atoms with Gasteiger partial charge >= 0.3 is 0 Å². The van der Waals surface area contributed by atoms with Crippen LogP contribution in [0.25, 0.3) is 0 Å². The molecule has 0 saturated carbocycles. The van der Waals surface area contributed by atoms with Gasteiger partial charge in [-0.3, -0.25) is 4.90 Å². The lowest BCUT2D eigenvalue weighted by atomic mass is 9.79. The Kier molecular flexibility index (Phi) is 10.5. The second-order valence-corrected chi connectivity index (χ2v) is 11.8. The third-order valence-corrected chi connectivity index (χ3v) is 8.85. The number of phenolic OH excluding ortho intramolecular Hbond substituents is 1. The molecule has 220 valence electrons. The van der Waals surface area contributed by atoms with Crippen LogP contribution in [0.1, 0.15) is 80.0 Å². The van der Waals surface area contributed by atoms with Crippen molar-refractivity contribution in [3.8, 4) is 17.2 Å². The SMILES string of the molecule is CCCN(Cc1ccc(OCCN2CCCCCCC2)cc1)c1cc(OC)ccc1C1CCc2cc(O)ccc2C1. The quantitative estimate of drug-likeness (QED) is 0.262. The molecule has 0 amide bonds. The Morgan fingerprint density at radius 3 is 2.39 bits per heavy atom. The number of rotatable bonds is 11. The number of likely N-dealkylation sites (tertiary alicyclic amines) is 1. The van der Waals surface area contributed by atoms with Crippen molar-refractivity contribution >= 4 is 5.69 Å². The second kappa shape index (κ2) is 14.6. The maximum absolute atomic E-state index is 9.95. The van der Waals surface area contributed by atoms with E-state index in [1.807, 2.05) is 12.1 Å². The number of aryl methyl sites for hydroxylation is 1. The first-order valence-corrected chi connectivity index (χ1v) is 15.8. The van der Waals surface area contributed by atoms with Gasteiger partial charge in [-0.15, -0.1) is 0 Å². The number of fused-ring (bicyclic) bond motifs is 1. The molecular weight excluding hydrogens is 508 g/mol. The van der Waals surface area contributed by atoms with Crippen LogP contribution in [-0.2, 0) is 19.4 Å². The first-order chi connectivity index (χ1) is 20.1. The number of ether oxygens (including phenoxy) is 2. The minimum absolute atomic E-state index is 0.366. The molecule has 1 atom stereocenters. The van der Waals surface area contributed by atoms with E-state index < -0.39 is 0 Å². The molecule has 3 aromatic carbocycles. The Hall–Kier alpha value is -3.18. The molecule has 1 heterocycles. The van der Waals surface area contributed by atoms with Crippen LogP contribution < -0.4 is 14.4 Å². The van der Waals surface area contributed by atoms with Crippen molar-refractivity contribution in [1.82, 2.24) is 4.90 Å². The zero-order valence-electron chi connectivity index (χ0n) is 25.1. The van der Waals surface area contributed by atoms with Gasteiger partial charge in [0.25, 0.3) is 0 Å². The average Bonchev–Trinajstić information content (AvgIpc) is 2.98. The van der Waals surface area contributed by atoms with E-state index in [1.54, 1.807) is 7.11 Å². The fourth-order valence-electron chi connectivity index (χ4n) is 6.57. The van der Waals surface area contributed by atoms with Crippen LogP contribution in [0.15, 0.2) is 60.7 Å². The minimum Gasteiger partial charge on any atom is -0.508 e. The van der Waals surface area contributed by atoms with Crippen LogP contribution in [0.2, 0.25) is 0 Å².